The van der Waals surface area contributed by atoms with Gasteiger partial charge in [-0.1, -0.05) is 12.1 Å². The highest BCUT2D eigenvalue weighted by atomic mass is 16.6. The van der Waals surface area contributed by atoms with Crippen LogP contribution in [0.15, 0.2) is 30.5 Å². The summed E-state index contributed by atoms with van der Waals surface area (Å²) >= 11 is 0. The lowest BCUT2D eigenvalue weighted by Gasteiger charge is -2.47. The fraction of sp³-hybridized carbons (Fsp3) is 0.462. The van der Waals surface area contributed by atoms with E-state index in [-0.39, 0.29) is 17.5 Å². The number of benzene rings is 1. The number of hydrogen-bond donors (Lipinski definition) is 2. The van der Waals surface area contributed by atoms with Crippen molar-refractivity contribution < 1.29 is 14.3 Å². The van der Waals surface area contributed by atoms with Gasteiger partial charge >= 0.3 is 6.09 Å². The van der Waals surface area contributed by atoms with E-state index in [4.69, 9.17) is 14.7 Å². The minimum Gasteiger partial charge on any atom is -0.444 e. The Morgan fingerprint density at radius 1 is 1.17 bits per heavy atom. The Balaban J connectivity index is 1.46. The second kappa shape index (κ2) is 8.25. The topological polar surface area (TPSA) is 103 Å². The van der Waals surface area contributed by atoms with Gasteiger partial charge in [-0.05, 0) is 46.8 Å². The first-order valence-electron chi connectivity index (χ1n) is 12.0. The molecule has 0 bridgehead atoms. The maximum Gasteiger partial charge on any atom is 0.410 e. The van der Waals surface area contributed by atoms with Crippen LogP contribution in [0.2, 0.25) is 0 Å². The van der Waals surface area contributed by atoms with Crippen molar-refractivity contribution >= 4 is 28.9 Å². The summed E-state index contributed by atoms with van der Waals surface area (Å²) in [5, 5.41) is 2.89. The molecule has 4 heterocycles. The maximum atomic E-state index is 12.7. The summed E-state index contributed by atoms with van der Waals surface area (Å²) < 4.78 is 5.58. The van der Waals surface area contributed by atoms with Gasteiger partial charge in [0.05, 0.1) is 22.8 Å². The summed E-state index contributed by atoms with van der Waals surface area (Å²) in [6.45, 7) is 12.1. The molecule has 1 fully saturated rings. The number of ether oxygens (including phenoxy) is 1. The fourth-order valence-corrected chi connectivity index (χ4v) is 4.87. The molecule has 9 nitrogen and oxygen atoms in total. The van der Waals surface area contributed by atoms with Crippen molar-refractivity contribution in [3.63, 3.8) is 0 Å². The largest absolute Gasteiger partial charge is 0.444 e. The van der Waals surface area contributed by atoms with Gasteiger partial charge in [0.25, 0.3) is 5.91 Å². The van der Waals surface area contributed by atoms with E-state index >= 15 is 0 Å². The third-order valence-electron chi connectivity index (χ3n) is 6.49. The van der Waals surface area contributed by atoms with Gasteiger partial charge in [-0.3, -0.25) is 9.78 Å². The van der Waals surface area contributed by atoms with Crippen molar-refractivity contribution in [2.75, 3.05) is 31.1 Å². The molecule has 0 atom stereocenters. The summed E-state index contributed by atoms with van der Waals surface area (Å²) in [6.07, 6.45) is 2.28. The highest BCUT2D eigenvalue weighted by molar-refractivity contribution is 5.99. The molecule has 1 aromatic carbocycles. The molecule has 35 heavy (non-hydrogen) atoms. The van der Waals surface area contributed by atoms with Crippen LogP contribution < -0.4 is 10.2 Å². The summed E-state index contributed by atoms with van der Waals surface area (Å²) in [5.41, 5.74) is 4.06. The average molecular weight is 477 g/mol. The summed E-state index contributed by atoms with van der Waals surface area (Å²) in [5.74, 6) is 0.707. The molecule has 2 aliphatic heterocycles. The maximum absolute atomic E-state index is 12.7. The number of aromatic amines is 1. The third-order valence-corrected chi connectivity index (χ3v) is 6.49. The number of para-hydroxylation sites is 1. The van der Waals surface area contributed by atoms with Crippen LogP contribution in [0.3, 0.4) is 0 Å². The van der Waals surface area contributed by atoms with Gasteiger partial charge in [0.2, 0.25) is 0 Å². The number of carbonyl (C=O) groups excluding carboxylic acids is 2. The lowest BCUT2D eigenvalue weighted by Crippen LogP contribution is -2.61. The number of carbonyl (C=O) groups is 2. The highest BCUT2D eigenvalue weighted by Crippen LogP contribution is 2.32. The molecule has 2 N–H and O–H groups in total. The molecule has 0 unspecified atom stereocenters. The number of fused-ring (bicyclic) bond motifs is 2. The van der Waals surface area contributed by atoms with Crippen molar-refractivity contribution in [1.29, 1.82) is 0 Å². The Kier molecular flexibility index (Phi) is 5.45. The highest BCUT2D eigenvalue weighted by Gasteiger charge is 2.38. The molecule has 5 rings (SSSR count). The van der Waals surface area contributed by atoms with E-state index in [0.29, 0.717) is 31.7 Å². The smallest absolute Gasteiger partial charge is 0.410 e. The first-order valence-corrected chi connectivity index (χ1v) is 12.0. The molecule has 0 spiro atoms. The van der Waals surface area contributed by atoms with Crippen LogP contribution in [0.1, 0.15) is 50.7 Å². The minimum atomic E-state index is -0.531. The molecule has 0 saturated carbocycles. The standard InChI is InChI=1S/C26H32N6O3/c1-25(2,3)35-24(34)31-11-12-32(26(4,5)15-31)21-14-28-19-8-6-7-16(22(19)30-21)20-13-17-18(29-20)9-10-27-23(17)33/h6-8,13-14,29H,9-12,15H2,1-5H3,(H,27,33). The third kappa shape index (κ3) is 4.42. The summed E-state index contributed by atoms with van der Waals surface area (Å²) in [4.78, 5) is 42.0. The Bertz CT molecular complexity index is 1310. The SMILES string of the molecule is CC(C)(C)OC(=O)N1CCN(c2cnc3cccc(-c4cc5c([nH]4)CCNC5=O)c3n2)C(C)(C)C1. The zero-order valence-corrected chi connectivity index (χ0v) is 20.9. The average Bonchev–Trinajstić information content (AvgIpc) is 3.22. The first kappa shape index (κ1) is 23.1. The van der Waals surface area contributed by atoms with Crippen molar-refractivity contribution in [1.82, 2.24) is 25.2 Å². The molecule has 2 aliphatic rings. The van der Waals surface area contributed by atoms with Crippen LogP contribution >= 0.6 is 0 Å². The van der Waals surface area contributed by atoms with E-state index in [1.165, 1.54) is 0 Å². The van der Waals surface area contributed by atoms with Crippen molar-refractivity contribution in [2.24, 2.45) is 0 Å². The van der Waals surface area contributed by atoms with Crippen molar-refractivity contribution in [2.45, 2.75) is 52.2 Å². The summed E-state index contributed by atoms with van der Waals surface area (Å²) in [7, 11) is 0. The molecular weight excluding hydrogens is 444 g/mol. The molecular formula is C26H32N6O3. The second-order valence-electron chi connectivity index (χ2n) is 10.8. The molecule has 1 saturated heterocycles. The number of amides is 2. The number of piperazine rings is 1. The lowest BCUT2D eigenvalue weighted by molar-refractivity contribution is 0.0178. The van der Waals surface area contributed by atoms with Crippen LogP contribution in [0, 0.1) is 0 Å². The van der Waals surface area contributed by atoms with E-state index in [1.54, 1.807) is 11.1 Å². The van der Waals surface area contributed by atoms with Gasteiger partial charge in [0, 0.05) is 49.6 Å². The Morgan fingerprint density at radius 2 is 1.97 bits per heavy atom. The van der Waals surface area contributed by atoms with Crippen LogP contribution in [-0.2, 0) is 11.2 Å². The Morgan fingerprint density at radius 3 is 2.69 bits per heavy atom. The first-order chi connectivity index (χ1) is 16.5. The number of nitrogens with zero attached hydrogens (tertiary/aromatic N) is 4. The van der Waals surface area contributed by atoms with Crippen LogP contribution in [0.5, 0.6) is 0 Å². The van der Waals surface area contributed by atoms with Gasteiger partial charge in [0.15, 0.2) is 0 Å². The molecule has 0 aliphatic carbocycles. The van der Waals surface area contributed by atoms with Gasteiger partial charge in [-0.2, -0.15) is 0 Å². The van der Waals surface area contributed by atoms with E-state index in [0.717, 1.165) is 40.2 Å². The zero-order chi connectivity index (χ0) is 25.0. The summed E-state index contributed by atoms with van der Waals surface area (Å²) in [6, 6.07) is 7.80. The predicted molar refractivity (Wildman–Crippen MR) is 135 cm³/mol. The van der Waals surface area contributed by atoms with Crippen molar-refractivity contribution in [3.05, 3.63) is 41.7 Å². The van der Waals surface area contributed by atoms with Crippen LogP contribution in [0.25, 0.3) is 22.3 Å². The van der Waals surface area contributed by atoms with Crippen LogP contribution in [0.4, 0.5) is 10.6 Å². The molecule has 2 aromatic heterocycles. The molecule has 2 amide bonds. The second-order valence-corrected chi connectivity index (χ2v) is 10.8. The van der Waals surface area contributed by atoms with Gasteiger partial charge in [-0.25, -0.2) is 9.78 Å². The predicted octanol–water partition coefficient (Wildman–Crippen LogP) is 3.75. The number of rotatable bonds is 2. The number of hydrogen-bond acceptors (Lipinski definition) is 6. The van der Waals surface area contributed by atoms with Crippen molar-refractivity contribution in [3.8, 4) is 11.3 Å². The number of H-pyrrole nitrogens is 1. The van der Waals surface area contributed by atoms with E-state index in [1.807, 2.05) is 45.0 Å². The zero-order valence-electron chi connectivity index (χ0n) is 20.9. The number of nitrogens with one attached hydrogen (secondary N) is 2. The quantitative estimate of drug-likeness (QED) is 0.584. The van der Waals surface area contributed by atoms with Crippen LogP contribution in [-0.4, -0.2) is 69.2 Å². The van der Waals surface area contributed by atoms with Gasteiger partial charge < -0.3 is 24.8 Å². The van der Waals surface area contributed by atoms with E-state index < -0.39 is 5.60 Å². The molecule has 9 heteroatoms. The minimum absolute atomic E-state index is 0.0506. The van der Waals surface area contributed by atoms with E-state index in [9.17, 15) is 9.59 Å². The van der Waals surface area contributed by atoms with E-state index in [2.05, 4.69) is 29.0 Å². The molecule has 0 radical (unpaired) electrons. The molecule has 3 aromatic rings. The number of anilines is 1. The molecule has 184 valence electrons. The van der Waals surface area contributed by atoms with Gasteiger partial charge in [0.1, 0.15) is 16.9 Å². The Hall–Kier alpha value is -3.62. The van der Waals surface area contributed by atoms with Gasteiger partial charge in [-0.15, -0.1) is 0 Å². The lowest BCUT2D eigenvalue weighted by atomic mass is 9.99. The fourth-order valence-electron chi connectivity index (χ4n) is 4.87. The normalized spacial score (nSPS) is 17.8. The monoisotopic (exact) mass is 476 g/mol. The Labute approximate surface area is 204 Å². The number of aromatic nitrogens is 3.